The van der Waals surface area contributed by atoms with Crippen LogP contribution in [0.1, 0.15) is 0 Å². The molecule has 1 rings (SSSR count). The van der Waals surface area contributed by atoms with Crippen molar-refractivity contribution in [2.24, 2.45) is 0 Å². The molecule has 0 aromatic carbocycles. The minimum atomic E-state index is -1.50. The van der Waals surface area contributed by atoms with Crippen LogP contribution in [0.25, 0.3) is 0 Å². The zero-order valence-corrected chi connectivity index (χ0v) is 13.5. The molecule has 0 amide bonds. The molecule has 1 aromatic heterocycles. The summed E-state index contributed by atoms with van der Waals surface area (Å²) in [5.74, 6) is 0. The van der Waals surface area contributed by atoms with Gasteiger partial charge in [0.1, 0.15) is 0 Å². The normalized spacial score (nSPS) is 7.18. The largest absolute Gasteiger partial charge is 0.328 e. The molecule has 2 N–H and O–H groups in total. The van der Waals surface area contributed by atoms with Crippen LogP contribution in [0.3, 0.4) is 0 Å². The predicted octanol–water partition coefficient (Wildman–Crippen LogP) is 1.09. The van der Waals surface area contributed by atoms with E-state index < -0.39 is 10.2 Å². The second-order valence-electron chi connectivity index (χ2n) is 1.65. The van der Waals surface area contributed by atoms with Crippen molar-refractivity contribution in [3.63, 3.8) is 0 Å². The number of aromatic nitrogens is 2. The van der Waals surface area contributed by atoms with Gasteiger partial charge in [0, 0.05) is 27.3 Å². The number of rotatable bonds is 0. The summed E-state index contributed by atoms with van der Waals surface area (Å²) in [6.07, 6.45) is 0. The topological polar surface area (TPSA) is 153 Å². The van der Waals surface area contributed by atoms with Crippen molar-refractivity contribution < 1.29 is 47.9 Å². The molecule has 0 saturated carbocycles. The van der Waals surface area contributed by atoms with E-state index in [0.29, 0.717) is 10.3 Å². The van der Waals surface area contributed by atoms with Crippen LogP contribution in [0.5, 0.6) is 0 Å². The molecule has 0 fully saturated rings. The maximum Gasteiger partial charge on any atom is 0.291 e. The predicted molar refractivity (Wildman–Crippen MR) is 49.6 cm³/mol. The molecule has 0 atom stereocenters. The molecule has 1 heterocycles. The van der Waals surface area contributed by atoms with Gasteiger partial charge in [0.05, 0.1) is 0 Å². The van der Waals surface area contributed by atoms with E-state index in [9.17, 15) is 0 Å². The average molecular weight is 387 g/mol. The second-order valence-corrected chi connectivity index (χ2v) is 2.43. The third-order valence-corrected chi connectivity index (χ3v) is 1.00. The van der Waals surface area contributed by atoms with Gasteiger partial charge in [-0.15, -0.1) is 30.4 Å². The van der Waals surface area contributed by atoms with Crippen molar-refractivity contribution in [2.75, 3.05) is 0 Å². The quantitative estimate of drug-likeness (QED) is 0.381. The van der Waals surface area contributed by atoms with E-state index in [1.54, 1.807) is 12.1 Å². The monoisotopic (exact) mass is 388 g/mol. The fourth-order valence-electron chi connectivity index (χ4n) is 0.300. The summed E-state index contributed by atoms with van der Waals surface area (Å²) in [5.41, 5.74) is 0. The molecule has 0 saturated heterocycles. The van der Waals surface area contributed by atoms with Gasteiger partial charge >= 0.3 is 0 Å². The summed E-state index contributed by atoms with van der Waals surface area (Å²) < 4.78 is 0. The van der Waals surface area contributed by atoms with Gasteiger partial charge in [0.15, 0.2) is 10.3 Å². The number of hydrogen-bond donors (Lipinski definition) is 2. The van der Waals surface area contributed by atoms with Crippen molar-refractivity contribution in [1.29, 1.82) is 0 Å². The number of nitrogens with zero attached hydrogens (tertiary/aromatic N) is 4. The first-order valence-electron chi connectivity index (χ1n) is 3.07. The maximum atomic E-state index is 8.36. The Labute approximate surface area is 124 Å². The van der Waals surface area contributed by atoms with Gasteiger partial charge < -0.3 is 10.4 Å². The molecular formula is C4H4CdCl2N4O6. The zero-order valence-electron chi connectivity index (χ0n) is 7.93. The molecule has 0 aliphatic carbocycles. The minimum absolute atomic E-state index is 0. The summed E-state index contributed by atoms with van der Waals surface area (Å²) >= 11 is 10.8. The molecule has 13 heteroatoms. The standard InChI is InChI=1S/C4H2Cl2N2.Cd.2HNO3/c5-3-1-2-4(6)8-7-3;;2*2-1(3)4/h1-2H;;2*(H,2,3,4). The number of hydrogen-bond acceptors (Lipinski definition) is 6. The Balaban J connectivity index is -0.000000189. The van der Waals surface area contributed by atoms with E-state index >= 15 is 0 Å². The summed E-state index contributed by atoms with van der Waals surface area (Å²) in [4.78, 5) is 16.7. The average Bonchev–Trinajstić information content (AvgIpc) is 2.08. The Morgan fingerprint density at radius 2 is 1.18 bits per heavy atom. The van der Waals surface area contributed by atoms with Gasteiger partial charge in [-0.05, 0) is 12.1 Å². The maximum absolute atomic E-state index is 8.36. The van der Waals surface area contributed by atoms with Crippen molar-refractivity contribution >= 4 is 23.2 Å². The van der Waals surface area contributed by atoms with Gasteiger partial charge in [-0.1, -0.05) is 23.2 Å². The zero-order chi connectivity index (χ0) is 13.1. The smallest absolute Gasteiger partial charge is 0.291 e. The fraction of sp³-hybridized carbons (Fsp3) is 0. The van der Waals surface area contributed by atoms with Gasteiger partial charge in [0.25, 0.3) is 10.2 Å². The summed E-state index contributed by atoms with van der Waals surface area (Å²) in [6, 6.07) is 3.16. The first-order chi connectivity index (χ1) is 7.25. The van der Waals surface area contributed by atoms with Crippen LogP contribution in [-0.4, -0.2) is 30.8 Å². The Bertz CT molecular complexity index is 296. The van der Waals surface area contributed by atoms with Crippen LogP contribution in [0.2, 0.25) is 10.3 Å². The molecule has 92 valence electrons. The summed E-state index contributed by atoms with van der Waals surface area (Å²) in [6.45, 7) is 0. The van der Waals surface area contributed by atoms with Crippen molar-refractivity contribution in [1.82, 2.24) is 10.2 Å². The van der Waals surface area contributed by atoms with Crippen LogP contribution in [0.4, 0.5) is 0 Å². The summed E-state index contributed by atoms with van der Waals surface area (Å²) in [5, 5.41) is 34.9. The van der Waals surface area contributed by atoms with E-state index in [2.05, 4.69) is 10.2 Å². The van der Waals surface area contributed by atoms with E-state index in [1.807, 2.05) is 0 Å². The fourth-order valence-corrected chi connectivity index (χ4v) is 0.501. The SMILES string of the molecule is Clc1ccc(Cl)nn1.O=[N+]([O-])O.O=[N+]([O-])O.[Cd]. The summed E-state index contributed by atoms with van der Waals surface area (Å²) in [7, 11) is 0. The molecule has 0 unspecified atom stereocenters. The molecule has 1 aromatic rings. The molecule has 0 aliphatic heterocycles. The number of halogens is 2. The van der Waals surface area contributed by atoms with Crippen LogP contribution in [0.15, 0.2) is 12.1 Å². The molecule has 17 heavy (non-hydrogen) atoms. The molecule has 10 nitrogen and oxygen atoms in total. The van der Waals surface area contributed by atoms with Crippen molar-refractivity contribution in [3.8, 4) is 0 Å². The van der Waals surface area contributed by atoms with Gasteiger partial charge in [-0.25, -0.2) is 0 Å². The molecular weight excluding hydrogens is 383 g/mol. The van der Waals surface area contributed by atoms with E-state index in [4.69, 9.17) is 53.8 Å². The Kier molecular flexibility index (Phi) is 16.3. The molecule has 0 radical (unpaired) electrons. The third kappa shape index (κ3) is 31.3. The molecule has 0 spiro atoms. The Hall–Kier alpha value is -1.02. The van der Waals surface area contributed by atoms with E-state index in [-0.39, 0.29) is 27.3 Å². The van der Waals surface area contributed by atoms with Crippen molar-refractivity contribution in [3.05, 3.63) is 42.7 Å². The third-order valence-electron chi connectivity index (χ3n) is 0.599. The van der Waals surface area contributed by atoms with Crippen LogP contribution in [-0.2, 0) is 27.3 Å². The molecule has 0 aliphatic rings. The molecule has 0 bridgehead atoms. The van der Waals surface area contributed by atoms with E-state index in [1.165, 1.54) is 0 Å². The van der Waals surface area contributed by atoms with Crippen LogP contribution >= 0.6 is 23.2 Å². The minimum Gasteiger partial charge on any atom is -0.328 e. The first kappa shape index (κ1) is 21.3. The van der Waals surface area contributed by atoms with Gasteiger partial charge in [0.2, 0.25) is 0 Å². The first-order valence-corrected chi connectivity index (χ1v) is 3.82. The Morgan fingerprint density at radius 1 is 1.00 bits per heavy atom. The van der Waals surface area contributed by atoms with Gasteiger partial charge in [-0.2, -0.15) is 0 Å². The van der Waals surface area contributed by atoms with Crippen LogP contribution < -0.4 is 0 Å². The van der Waals surface area contributed by atoms with E-state index in [0.717, 1.165) is 0 Å². The van der Waals surface area contributed by atoms with Gasteiger partial charge in [-0.3, -0.25) is 0 Å². The Morgan fingerprint density at radius 3 is 1.29 bits per heavy atom. The second kappa shape index (κ2) is 13.0. The van der Waals surface area contributed by atoms with Crippen molar-refractivity contribution in [2.45, 2.75) is 0 Å². The van der Waals surface area contributed by atoms with Crippen LogP contribution in [0, 0.1) is 20.2 Å².